The van der Waals surface area contributed by atoms with Crippen molar-refractivity contribution in [1.82, 2.24) is 9.29 Å². The number of fused-ring (bicyclic) bond motifs is 1. The van der Waals surface area contributed by atoms with Gasteiger partial charge in [-0.05, 0) is 25.0 Å². The molecule has 0 spiro atoms. The number of hydrogen-bond acceptors (Lipinski definition) is 6. The first-order chi connectivity index (χ1) is 10.9. The number of para-hydroxylation sites is 1. The Balaban J connectivity index is 1.54. The molecule has 3 rings (SSSR count). The summed E-state index contributed by atoms with van der Waals surface area (Å²) in [5.74, 6) is -0.500. The molecule has 1 aliphatic rings. The molecule has 1 fully saturated rings. The number of rotatable bonds is 4. The van der Waals surface area contributed by atoms with Crippen molar-refractivity contribution in [3.8, 4) is 0 Å². The van der Waals surface area contributed by atoms with Crippen molar-refractivity contribution in [3.05, 3.63) is 29.3 Å². The van der Waals surface area contributed by atoms with E-state index in [0.717, 1.165) is 15.2 Å². The molecule has 0 radical (unpaired) electrons. The standard InChI is InChI=1S/C15H18N2O4S2/c1-23(19,20)17-8-6-11(7-9-17)15(18)21-10-14-16-12-4-2-3-5-13(12)22-14/h2-5,11H,6-10H2,1H3. The molecule has 0 unspecified atom stereocenters. The maximum atomic E-state index is 12.1. The first-order valence-corrected chi connectivity index (χ1v) is 10.1. The third-order valence-corrected chi connectivity index (χ3v) is 6.25. The molecule has 0 saturated carbocycles. The normalized spacial score (nSPS) is 17.4. The highest BCUT2D eigenvalue weighted by Crippen LogP contribution is 2.24. The van der Waals surface area contributed by atoms with Crippen LogP contribution in [0.5, 0.6) is 0 Å². The first kappa shape index (κ1) is 16.4. The largest absolute Gasteiger partial charge is 0.458 e. The number of sulfonamides is 1. The molecule has 0 amide bonds. The lowest BCUT2D eigenvalue weighted by Crippen LogP contribution is -2.40. The minimum Gasteiger partial charge on any atom is -0.458 e. The lowest BCUT2D eigenvalue weighted by atomic mass is 9.98. The summed E-state index contributed by atoms with van der Waals surface area (Å²) < 4.78 is 30.8. The number of benzene rings is 1. The molecule has 124 valence electrons. The van der Waals surface area contributed by atoms with Crippen LogP contribution in [0.1, 0.15) is 17.8 Å². The van der Waals surface area contributed by atoms with E-state index >= 15 is 0 Å². The number of carbonyl (C=O) groups is 1. The maximum absolute atomic E-state index is 12.1. The van der Waals surface area contributed by atoms with Gasteiger partial charge in [0, 0.05) is 13.1 Å². The van der Waals surface area contributed by atoms with Gasteiger partial charge in [0.2, 0.25) is 10.0 Å². The number of thiazole rings is 1. The average molecular weight is 354 g/mol. The van der Waals surface area contributed by atoms with Gasteiger partial charge in [-0.3, -0.25) is 4.79 Å². The van der Waals surface area contributed by atoms with Crippen LogP contribution in [0, 0.1) is 5.92 Å². The van der Waals surface area contributed by atoms with Crippen molar-refractivity contribution < 1.29 is 17.9 Å². The lowest BCUT2D eigenvalue weighted by Gasteiger charge is -2.28. The van der Waals surface area contributed by atoms with Gasteiger partial charge in [-0.25, -0.2) is 17.7 Å². The number of nitrogens with zero attached hydrogens (tertiary/aromatic N) is 2. The first-order valence-electron chi connectivity index (χ1n) is 7.40. The Hall–Kier alpha value is -1.51. The topological polar surface area (TPSA) is 76.6 Å². The Labute approximate surface area is 139 Å². The van der Waals surface area contributed by atoms with E-state index in [-0.39, 0.29) is 18.5 Å². The van der Waals surface area contributed by atoms with Crippen LogP contribution < -0.4 is 0 Å². The summed E-state index contributed by atoms with van der Waals surface area (Å²) in [7, 11) is -3.17. The van der Waals surface area contributed by atoms with Crippen molar-refractivity contribution >= 4 is 37.5 Å². The van der Waals surface area contributed by atoms with Gasteiger partial charge >= 0.3 is 5.97 Å². The van der Waals surface area contributed by atoms with E-state index in [4.69, 9.17) is 4.74 Å². The Kier molecular flexibility index (Phi) is 4.65. The summed E-state index contributed by atoms with van der Waals surface area (Å²) in [6.45, 7) is 0.921. The fourth-order valence-corrected chi connectivity index (χ4v) is 4.41. The molecule has 8 heteroatoms. The second-order valence-electron chi connectivity index (χ2n) is 5.62. The Bertz CT molecular complexity index is 775. The summed E-state index contributed by atoms with van der Waals surface area (Å²) in [5, 5.41) is 0.771. The fourth-order valence-electron chi connectivity index (χ4n) is 2.66. The minimum atomic E-state index is -3.17. The van der Waals surface area contributed by atoms with Crippen LogP contribution in [0.2, 0.25) is 0 Å². The number of carbonyl (C=O) groups excluding carboxylic acids is 1. The van der Waals surface area contributed by atoms with Crippen LogP contribution >= 0.6 is 11.3 Å². The molecule has 23 heavy (non-hydrogen) atoms. The smallest absolute Gasteiger partial charge is 0.309 e. The van der Waals surface area contributed by atoms with Gasteiger partial charge < -0.3 is 4.74 Å². The van der Waals surface area contributed by atoms with Gasteiger partial charge in [-0.15, -0.1) is 11.3 Å². The predicted octanol–water partition coefficient (Wildman–Crippen LogP) is 2.01. The van der Waals surface area contributed by atoms with Crippen molar-refractivity contribution in [1.29, 1.82) is 0 Å². The van der Waals surface area contributed by atoms with Crippen molar-refractivity contribution in [2.45, 2.75) is 19.4 Å². The molecule has 2 heterocycles. The van der Waals surface area contributed by atoms with Crippen LogP contribution in [-0.4, -0.2) is 43.0 Å². The SMILES string of the molecule is CS(=O)(=O)N1CCC(C(=O)OCc2nc3ccccc3s2)CC1. The lowest BCUT2D eigenvalue weighted by molar-refractivity contribution is -0.151. The summed E-state index contributed by atoms with van der Waals surface area (Å²) in [6.07, 6.45) is 2.20. The van der Waals surface area contributed by atoms with Gasteiger partial charge in [0.05, 0.1) is 22.4 Å². The fraction of sp³-hybridized carbons (Fsp3) is 0.467. The molecule has 0 N–H and O–H groups in total. The number of ether oxygens (including phenoxy) is 1. The van der Waals surface area contributed by atoms with Crippen LogP contribution in [0.25, 0.3) is 10.2 Å². The van der Waals surface area contributed by atoms with E-state index in [1.807, 2.05) is 24.3 Å². The van der Waals surface area contributed by atoms with Crippen LogP contribution in [-0.2, 0) is 26.2 Å². The quantitative estimate of drug-likeness (QED) is 0.785. The summed E-state index contributed by atoms with van der Waals surface area (Å²) in [6, 6.07) is 7.79. The maximum Gasteiger partial charge on any atom is 0.309 e. The van der Waals surface area contributed by atoms with Crippen LogP contribution in [0.3, 0.4) is 0 Å². The summed E-state index contributed by atoms with van der Waals surface area (Å²) in [5.41, 5.74) is 0.907. The van der Waals surface area contributed by atoms with Gasteiger partial charge in [-0.1, -0.05) is 12.1 Å². The van der Waals surface area contributed by atoms with E-state index in [0.29, 0.717) is 25.9 Å². The predicted molar refractivity (Wildman–Crippen MR) is 88.6 cm³/mol. The second-order valence-corrected chi connectivity index (χ2v) is 8.72. The van der Waals surface area contributed by atoms with Gasteiger partial charge in [-0.2, -0.15) is 0 Å². The Morgan fingerprint density at radius 3 is 2.70 bits per heavy atom. The zero-order valence-corrected chi connectivity index (χ0v) is 14.4. The molecule has 0 aliphatic carbocycles. The Morgan fingerprint density at radius 2 is 2.04 bits per heavy atom. The molecular weight excluding hydrogens is 336 g/mol. The van der Waals surface area contributed by atoms with E-state index in [9.17, 15) is 13.2 Å². The molecule has 2 aromatic rings. The number of hydrogen-bond donors (Lipinski definition) is 0. The molecule has 1 saturated heterocycles. The van der Waals surface area contributed by atoms with Crippen molar-refractivity contribution in [2.75, 3.05) is 19.3 Å². The highest BCUT2D eigenvalue weighted by Gasteiger charge is 2.29. The number of piperidine rings is 1. The van der Waals surface area contributed by atoms with Crippen molar-refractivity contribution in [3.63, 3.8) is 0 Å². The molecule has 1 aromatic carbocycles. The summed E-state index contributed by atoms with van der Waals surface area (Å²) in [4.78, 5) is 16.6. The third kappa shape index (κ3) is 3.88. The summed E-state index contributed by atoms with van der Waals surface area (Å²) >= 11 is 1.51. The van der Waals surface area contributed by atoms with E-state index in [2.05, 4.69) is 4.98 Å². The van der Waals surface area contributed by atoms with Gasteiger partial charge in [0.15, 0.2) is 0 Å². The molecule has 6 nitrogen and oxygen atoms in total. The van der Waals surface area contributed by atoms with E-state index in [1.165, 1.54) is 21.9 Å². The van der Waals surface area contributed by atoms with Gasteiger partial charge in [0.1, 0.15) is 11.6 Å². The highest BCUT2D eigenvalue weighted by atomic mass is 32.2. The average Bonchev–Trinajstić information content (AvgIpc) is 2.95. The number of esters is 1. The van der Waals surface area contributed by atoms with Crippen molar-refractivity contribution in [2.24, 2.45) is 5.92 Å². The molecule has 1 aromatic heterocycles. The van der Waals surface area contributed by atoms with Gasteiger partial charge in [0.25, 0.3) is 0 Å². The minimum absolute atomic E-state index is 0.171. The van der Waals surface area contributed by atoms with Crippen LogP contribution in [0.4, 0.5) is 0 Å². The number of aromatic nitrogens is 1. The Morgan fingerprint density at radius 1 is 1.35 bits per heavy atom. The second kappa shape index (κ2) is 6.54. The monoisotopic (exact) mass is 354 g/mol. The molecule has 0 bridgehead atoms. The van der Waals surface area contributed by atoms with E-state index < -0.39 is 10.0 Å². The van der Waals surface area contributed by atoms with E-state index in [1.54, 1.807) is 0 Å². The zero-order chi connectivity index (χ0) is 16.4. The third-order valence-electron chi connectivity index (χ3n) is 3.93. The molecule has 1 aliphatic heterocycles. The zero-order valence-electron chi connectivity index (χ0n) is 12.8. The molecular formula is C15H18N2O4S2. The molecule has 0 atom stereocenters. The van der Waals surface area contributed by atoms with Crippen LogP contribution in [0.15, 0.2) is 24.3 Å². The highest BCUT2D eigenvalue weighted by molar-refractivity contribution is 7.88.